The molecule has 0 heterocycles. The monoisotopic (exact) mass is 360 g/mol. The Morgan fingerprint density at radius 2 is 1.76 bits per heavy atom. The van der Waals surface area contributed by atoms with E-state index in [1.165, 1.54) is 11.8 Å². The van der Waals surface area contributed by atoms with E-state index in [4.69, 9.17) is 40.5 Å². The second-order valence-corrected chi connectivity index (χ2v) is 6.39. The van der Waals surface area contributed by atoms with Crippen LogP contribution in [0.1, 0.15) is 0 Å². The van der Waals surface area contributed by atoms with Crippen LogP contribution in [0.25, 0.3) is 0 Å². The van der Waals surface area contributed by atoms with E-state index in [-0.39, 0.29) is 11.7 Å². The predicted molar refractivity (Wildman–Crippen MR) is 91.7 cm³/mol. The summed E-state index contributed by atoms with van der Waals surface area (Å²) < 4.78 is 0. The van der Waals surface area contributed by atoms with Gasteiger partial charge in [-0.2, -0.15) is 0 Å². The molecule has 21 heavy (non-hydrogen) atoms. The number of nitrogens with two attached hydrogens (primary N) is 1. The number of amides is 1. The standard InChI is InChI=1S/C14H11Cl3N2OS/c15-9-2-1-3-10(16)14(9)19-13(20)7-21-8-4-5-12(18)11(17)6-8/h1-6H,7,18H2,(H,19,20). The fraction of sp³-hybridized carbons (Fsp3) is 0.0714. The number of nitrogens with one attached hydrogen (secondary N) is 1. The third kappa shape index (κ3) is 4.45. The summed E-state index contributed by atoms with van der Waals surface area (Å²) in [4.78, 5) is 12.8. The van der Waals surface area contributed by atoms with E-state index in [1.807, 2.05) is 6.07 Å². The van der Waals surface area contributed by atoms with Crippen molar-refractivity contribution in [2.24, 2.45) is 0 Å². The maximum Gasteiger partial charge on any atom is 0.234 e. The van der Waals surface area contributed by atoms with Crippen molar-refractivity contribution in [3.8, 4) is 0 Å². The SMILES string of the molecule is Nc1ccc(SCC(=O)Nc2c(Cl)cccc2Cl)cc1Cl. The molecular formula is C14H11Cl3N2OS. The number of nitrogen functional groups attached to an aromatic ring is 1. The van der Waals surface area contributed by atoms with Crippen molar-refractivity contribution in [2.45, 2.75) is 4.90 Å². The minimum atomic E-state index is -0.206. The molecule has 0 aliphatic rings. The fourth-order valence-corrected chi connectivity index (χ4v) is 3.01. The van der Waals surface area contributed by atoms with E-state index in [0.29, 0.717) is 26.4 Å². The number of halogens is 3. The molecule has 0 aliphatic carbocycles. The minimum Gasteiger partial charge on any atom is -0.398 e. The Bertz CT molecular complexity index is 659. The Morgan fingerprint density at radius 3 is 2.38 bits per heavy atom. The molecule has 0 saturated heterocycles. The van der Waals surface area contributed by atoms with Gasteiger partial charge in [-0.15, -0.1) is 11.8 Å². The van der Waals surface area contributed by atoms with Gasteiger partial charge in [0.2, 0.25) is 5.91 Å². The highest BCUT2D eigenvalue weighted by Crippen LogP contribution is 2.30. The van der Waals surface area contributed by atoms with Gasteiger partial charge >= 0.3 is 0 Å². The van der Waals surface area contributed by atoms with Crippen molar-refractivity contribution in [3.05, 3.63) is 51.5 Å². The van der Waals surface area contributed by atoms with E-state index in [2.05, 4.69) is 5.32 Å². The first kappa shape index (κ1) is 16.3. The Balaban J connectivity index is 1.97. The lowest BCUT2D eigenvalue weighted by molar-refractivity contribution is -0.113. The summed E-state index contributed by atoms with van der Waals surface area (Å²) in [5.74, 6) is 0.00451. The van der Waals surface area contributed by atoms with Gasteiger partial charge in [0.1, 0.15) is 0 Å². The zero-order chi connectivity index (χ0) is 15.4. The van der Waals surface area contributed by atoms with Gasteiger partial charge in [-0.1, -0.05) is 40.9 Å². The minimum absolute atomic E-state index is 0.206. The molecule has 0 radical (unpaired) electrons. The molecule has 3 nitrogen and oxygen atoms in total. The van der Waals surface area contributed by atoms with Crippen molar-refractivity contribution < 1.29 is 4.79 Å². The van der Waals surface area contributed by atoms with Gasteiger partial charge in [-0.25, -0.2) is 0 Å². The number of carbonyl (C=O) groups is 1. The van der Waals surface area contributed by atoms with Gasteiger partial charge in [0.05, 0.1) is 32.2 Å². The lowest BCUT2D eigenvalue weighted by atomic mass is 10.3. The highest BCUT2D eigenvalue weighted by molar-refractivity contribution is 8.00. The molecule has 0 saturated carbocycles. The maximum atomic E-state index is 11.9. The zero-order valence-electron chi connectivity index (χ0n) is 10.7. The molecule has 0 aromatic heterocycles. The summed E-state index contributed by atoms with van der Waals surface area (Å²) in [6, 6.07) is 10.3. The Labute approximate surface area is 141 Å². The first-order valence-corrected chi connectivity index (χ1v) is 8.01. The largest absolute Gasteiger partial charge is 0.398 e. The van der Waals surface area contributed by atoms with Crippen molar-refractivity contribution in [1.82, 2.24) is 0 Å². The van der Waals surface area contributed by atoms with E-state index in [0.717, 1.165) is 4.90 Å². The summed E-state index contributed by atoms with van der Waals surface area (Å²) in [5.41, 5.74) is 6.56. The van der Waals surface area contributed by atoms with Gasteiger partial charge in [-0.3, -0.25) is 4.79 Å². The molecule has 0 bridgehead atoms. The predicted octanol–water partition coefficient (Wildman–Crippen LogP) is 4.96. The Kier molecular flexibility index (Phi) is 5.65. The molecule has 7 heteroatoms. The topological polar surface area (TPSA) is 55.1 Å². The molecule has 1 amide bonds. The van der Waals surface area contributed by atoms with Crippen LogP contribution in [-0.2, 0) is 4.79 Å². The Hall–Kier alpha value is -1.07. The lowest BCUT2D eigenvalue weighted by Crippen LogP contribution is -2.14. The number of para-hydroxylation sites is 1. The number of hydrogen-bond donors (Lipinski definition) is 2. The second kappa shape index (κ2) is 7.27. The molecule has 0 aliphatic heterocycles. The molecule has 3 N–H and O–H groups in total. The number of thioether (sulfide) groups is 1. The van der Waals surface area contributed by atoms with Crippen LogP contribution in [0, 0.1) is 0 Å². The number of hydrogen-bond acceptors (Lipinski definition) is 3. The molecule has 0 fully saturated rings. The fourth-order valence-electron chi connectivity index (χ4n) is 1.54. The quantitative estimate of drug-likeness (QED) is 0.598. The van der Waals surface area contributed by atoms with Gasteiger partial charge < -0.3 is 11.1 Å². The highest BCUT2D eigenvalue weighted by Gasteiger charge is 2.10. The van der Waals surface area contributed by atoms with E-state index >= 15 is 0 Å². The first-order valence-electron chi connectivity index (χ1n) is 5.89. The molecule has 0 spiro atoms. The van der Waals surface area contributed by atoms with E-state index < -0.39 is 0 Å². The Morgan fingerprint density at radius 1 is 1.10 bits per heavy atom. The third-order valence-corrected chi connectivity index (χ3v) is 4.52. The van der Waals surface area contributed by atoms with Crippen LogP contribution < -0.4 is 11.1 Å². The first-order chi connectivity index (χ1) is 9.97. The van der Waals surface area contributed by atoms with Crippen LogP contribution >= 0.6 is 46.6 Å². The third-order valence-electron chi connectivity index (χ3n) is 2.57. The maximum absolute atomic E-state index is 11.9. The van der Waals surface area contributed by atoms with Crippen LogP contribution in [0.5, 0.6) is 0 Å². The smallest absolute Gasteiger partial charge is 0.234 e. The van der Waals surface area contributed by atoms with Crippen LogP contribution in [0.15, 0.2) is 41.3 Å². The van der Waals surface area contributed by atoms with E-state index in [1.54, 1.807) is 30.3 Å². The molecule has 0 unspecified atom stereocenters. The molecule has 2 rings (SSSR count). The average molecular weight is 362 g/mol. The summed E-state index contributed by atoms with van der Waals surface area (Å²) in [5, 5.41) is 3.96. The van der Waals surface area contributed by atoms with Crippen molar-refractivity contribution >= 4 is 63.8 Å². The van der Waals surface area contributed by atoms with Crippen LogP contribution in [0.3, 0.4) is 0 Å². The van der Waals surface area contributed by atoms with Crippen molar-refractivity contribution in [3.63, 3.8) is 0 Å². The van der Waals surface area contributed by atoms with Crippen molar-refractivity contribution in [2.75, 3.05) is 16.8 Å². The van der Waals surface area contributed by atoms with Crippen LogP contribution in [0.2, 0.25) is 15.1 Å². The lowest BCUT2D eigenvalue weighted by Gasteiger charge is -2.09. The second-order valence-electron chi connectivity index (χ2n) is 4.12. The summed E-state index contributed by atoms with van der Waals surface area (Å²) in [6.07, 6.45) is 0. The van der Waals surface area contributed by atoms with Crippen molar-refractivity contribution in [1.29, 1.82) is 0 Å². The number of benzene rings is 2. The van der Waals surface area contributed by atoms with Gasteiger partial charge in [0.25, 0.3) is 0 Å². The van der Waals surface area contributed by atoms with Crippen LogP contribution in [-0.4, -0.2) is 11.7 Å². The summed E-state index contributed by atoms with van der Waals surface area (Å²) in [6.45, 7) is 0. The average Bonchev–Trinajstić information content (AvgIpc) is 2.44. The molecule has 2 aromatic rings. The molecular weight excluding hydrogens is 351 g/mol. The number of anilines is 2. The van der Waals surface area contributed by atoms with Crippen LogP contribution in [0.4, 0.5) is 11.4 Å². The molecule has 110 valence electrons. The summed E-state index contributed by atoms with van der Waals surface area (Å²) in [7, 11) is 0. The summed E-state index contributed by atoms with van der Waals surface area (Å²) >= 11 is 19.3. The number of rotatable bonds is 4. The van der Waals surface area contributed by atoms with E-state index in [9.17, 15) is 4.79 Å². The zero-order valence-corrected chi connectivity index (χ0v) is 13.8. The van der Waals surface area contributed by atoms with Gasteiger partial charge in [-0.05, 0) is 30.3 Å². The number of carbonyl (C=O) groups excluding carboxylic acids is 1. The van der Waals surface area contributed by atoms with Gasteiger partial charge in [0.15, 0.2) is 0 Å². The highest BCUT2D eigenvalue weighted by atomic mass is 35.5. The normalized spacial score (nSPS) is 10.4. The molecule has 2 aromatic carbocycles. The molecule has 0 atom stereocenters. The van der Waals surface area contributed by atoms with Gasteiger partial charge in [0, 0.05) is 4.90 Å².